The Labute approximate surface area is 186 Å². The van der Waals surface area contributed by atoms with Gasteiger partial charge in [0.1, 0.15) is 0 Å². The highest BCUT2D eigenvalue weighted by Crippen LogP contribution is 2.40. The molecule has 2 heterocycles. The number of carbonyl (C=O) groups excluding carboxylic acids is 1. The fourth-order valence-electron chi connectivity index (χ4n) is 3.87. The Bertz CT molecular complexity index is 1140. The number of rotatable bonds is 7. The average Bonchev–Trinajstić information content (AvgIpc) is 3.31. The lowest BCUT2D eigenvalue weighted by molar-refractivity contribution is 0.205. The quantitative estimate of drug-likeness (QED) is 0.582. The largest absolute Gasteiger partial charge is 0.493 e. The molecule has 0 fully saturated rings. The molecule has 1 unspecified atom stereocenters. The number of nitrogens with one attached hydrogen (secondary N) is 1. The number of aromatic nitrogens is 2. The predicted molar refractivity (Wildman–Crippen MR) is 120 cm³/mol. The molecule has 0 saturated heterocycles. The van der Waals surface area contributed by atoms with Gasteiger partial charge in [0, 0.05) is 17.8 Å². The van der Waals surface area contributed by atoms with Crippen LogP contribution in [-0.4, -0.2) is 41.8 Å². The minimum Gasteiger partial charge on any atom is -0.493 e. The number of amides is 2. The van der Waals surface area contributed by atoms with E-state index in [4.69, 9.17) is 14.0 Å². The molecule has 2 aromatic carbocycles. The lowest BCUT2D eigenvalue weighted by Crippen LogP contribution is -2.46. The minimum atomic E-state index is -0.487. The van der Waals surface area contributed by atoms with Crippen LogP contribution in [0.1, 0.15) is 37.8 Å². The van der Waals surface area contributed by atoms with Crippen LogP contribution in [0.15, 0.2) is 58.8 Å². The molecule has 3 aromatic rings. The van der Waals surface area contributed by atoms with Gasteiger partial charge in [-0.25, -0.2) is 4.79 Å². The summed E-state index contributed by atoms with van der Waals surface area (Å²) in [5.41, 5.74) is 3.20. The van der Waals surface area contributed by atoms with Crippen LogP contribution < -0.4 is 14.8 Å². The van der Waals surface area contributed by atoms with Crippen LogP contribution in [0.5, 0.6) is 11.5 Å². The number of methoxy groups -OCH3 is 2. The van der Waals surface area contributed by atoms with E-state index in [-0.39, 0.29) is 6.03 Å². The first kappa shape index (κ1) is 21.4. The fourth-order valence-corrected chi connectivity index (χ4v) is 3.87. The summed E-state index contributed by atoms with van der Waals surface area (Å²) in [4.78, 5) is 19.3. The second-order valence-electron chi connectivity index (χ2n) is 7.44. The number of urea groups is 1. The van der Waals surface area contributed by atoms with E-state index in [0.717, 1.165) is 28.8 Å². The highest BCUT2D eigenvalue weighted by molar-refractivity contribution is 5.87. The molecule has 1 N–H and O–H groups in total. The highest BCUT2D eigenvalue weighted by Gasteiger charge is 2.35. The molecule has 0 bridgehead atoms. The van der Waals surface area contributed by atoms with Crippen LogP contribution in [0.2, 0.25) is 0 Å². The Kier molecular flexibility index (Phi) is 6.11. The predicted octanol–water partition coefficient (Wildman–Crippen LogP) is 4.66. The average molecular weight is 434 g/mol. The molecule has 0 saturated carbocycles. The molecule has 1 atom stereocenters. The fraction of sp³-hybridized carbons (Fsp3) is 0.292. The number of allylic oxidation sites excluding steroid dienone is 1. The van der Waals surface area contributed by atoms with Crippen molar-refractivity contribution < 1.29 is 18.8 Å². The lowest BCUT2D eigenvalue weighted by atomic mass is 9.94. The molecule has 2 amide bonds. The number of hydrogen-bond donors (Lipinski definition) is 1. The second-order valence-corrected chi connectivity index (χ2v) is 7.44. The van der Waals surface area contributed by atoms with E-state index in [2.05, 4.69) is 15.5 Å². The van der Waals surface area contributed by atoms with Gasteiger partial charge in [0.25, 0.3) is 5.89 Å². The topological polar surface area (TPSA) is 89.7 Å². The Hall–Kier alpha value is -3.81. The van der Waals surface area contributed by atoms with Crippen molar-refractivity contribution in [2.24, 2.45) is 0 Å². The summed E-state index contributed by atoms with van der Waals surface area (Å²) in [6.45, 7) is 4.52. The van der Waals surface area contributed by atoms with Crippen molar-refractivity contribution in [1.29, 1.82) is 0 Å². The van der Waals surface area contributed by atoms with Crippen molar-refractivity contribution in [2.75, 3.05) is 20.8 Å². The van der Waals surface area contributed by atoms with Gasteiger partial charge in [-0.3, -0.25) is 4.90 Å². The highest BCUT2D eigenvalue weighted by atomic mass is 16.5. The van der Waals surface area contributed by atoms with Crippen LogP contribution in [-0.2, 0) is 0 Å². The standard InChI is InChI=1S/C24H26N4O4/c1-5-13-28-15(2)20(23-26-22(27-32-23)16-9-7-6-8-10-16)21(25-24(28)29)17-11-12-18(30-3)19(14-17)31-4/h6-12,14,21H,5,13H2,1-4H3,(H,25,29). The van der Waals surface area contributed by atoms with E-state index in [1.807, 2.05) is 62.4 Å². The van der Waals surface area contributed by atoms with Crippen molar-refractivity contribution in [1.82, 2.24) is 20.4 Å². The normalized spacial score (nSPS) is 16.2. The lowest BCUT2D eigenvalue weighted by Gasteiger charge is -2.35. The molecule has 0 spiro atoms. The summed E-state index contributed by atoms with van der Waals surface area (Å²) in [5.74, 6) is 2.04. The van der Waals surface area contributed by atoms with Crippen molar-refractivity contribution in [3.8, 4) is 22.9 Å². The second kappa shape index (κ2) is 9.13. The Morgan fingerprint density at radius 2 is 1.84 bits per heavy atom. The van der Waals surface area contributed by atoms with Gasteiger partial charge in [0.15, 0.2) is 11.5 Å². The summed E-state index contributed by atoms with van der Waals surface area (Å²) >= 11 is 0. The molecular weight excluding hydrogens is 408 g/mol. The zero-order chi connectivity index (χ0) is 22.7. The van der Waals surface area contributed by atoms with Crippen LogP contribution in [0, 0.1) is 0 Å². The third-order valence-electron chi connectivity index (χ3n) is 5.47. The van der Waals surface area contributed by atoms with E-state index in [9.17, 15) is 4.79 Å². The first-order valence-electron chi connectivity index (χ1n) is 10.5. The summed E-state index contributed by atoms with van der Waals surface area (Å²) in [7, 11) is 3.16. The SMILES string of the molecule is CCCN1C(=O)NC(c2ccc(OC)c(OC)c2)C(c2nc(-c3ccccc3)no2)=C1C. The molecule has 1 aromatic heterocycles. The number of ether oxygens (including phenoxy) is 2. The van der Waals surface area contributed by atoms with E-state index in [1.54, 1.807) is 19.1 Å². The van der Waals surface area contributed by atoms with E-state index in [0.29, 0.717) is 29.8 Å². The maximum atomic E-state index is 12.9. The number of nitrogens with zero attached hydrogens (tertiary/aromatic N) is 3. The Morgan fingerprint density at radius 3 is 2.53 bits per heavy atom. The molecular formula is C24H26N4O4. The van der Waals surface area contributed by atoms with Crippen LogP contribution in [0.3, 0.4) is 0 Å². The maximum absolute atomic E-state index is 12.9. The van der Waals surface area contributed by atoms with Crippen LogP contribution in [0.4, 0.5) is 4.79 Å². The van der Waals surface area contributed by atoms with E-state index in [1.165, 1.54) is 0 Å². The van der Waals surface area contributed by atoms with Gasteiger partial charge in [0.2, 0.25) is 5.82 Å². The van der Waals surface area contributed by atoms with Gasteiger partial charge < -0.3 is 19.3 Å². The maximum Gasteiger partial charge on any atom is 0.322 e. The zero-order valence-electron chi connectivity index (χ0n) is 18.6. The summed E-state index contributed by atoms with van der Waals surface area (Å²) in [6.07, 6.45) is 0.818. The van der Waals surface area contributed by atoms with Crippen molar-refractivity contribution in [3.63, 3.8) is 0 Å². The monoisotopic (exact) mass is 434 g/mol. The van der Waals surface area contributed by atoms with Gasteiger partial charge in [-0.15, -0.1) is 0 Å². The summed E-state index contributed by atoms with van der Waals surface area (Å²) in [6, 6.07) is 14.5. The summed E-state index contributed by atoms with van der Waals surface area (Å²) < 4.78 is 16.5. The third-order valence-corrected chi connectivity index (χ3v) is 5.47. The first-order valence-corrected chi connectivity index (χ1v) is 10.5. The molecule has 8 nitrogen and oxygen atoms in total. The van der Waals surface area contributed by atoms with Gasteiger partial charge in [-0.2, -0.15) is 4.98 Å². The molecule has 0 radical (unpaired) electrons. The van der Waals surface area contributed by atoms with Gasteiger partial charge >= 0.3 is 6.03 Å². The number of hydrogen-bond acceptors (Lipinski definition) is 6. The van der Waals surface area contributed by atoms with Gasteiger partial charge in [-0.05, 0) is 31.0 Å². The third kappa shape index (κ3) is 3.91. The molecule has 8 heteroatoms. The molecule has 32 heavy (non-hydrogen) atoms. The molecule has 0 aliphatic carbocycles. The molecule has 1 aliphatic rings. The Morgan fingerprint density at radius 1 is 1.09 bits per heavy atom. The van der Waals surface area contributed by atoms with Crippen LogP contribution in [0.25, 0.3) is 17.0 Å². The molecule has 1 aliphatic heterocycles. The number of benzene rings is 2. The van der Waals surface area contributed by atoms with Crippen molar-refractivity contribution in [2.45, 2.75) is 26.3 Å². The minimum absolute atomic E-state index is 0.171. The molecule has 4 rings (SSSR count). The van der Waals surface area contributed by atoms with E-state index >= 15 is 0 Å². The first-order chi connectivity index (χ1) is 15.6. The Balaban J connectivity index is 1.83. The smallest absolute Gasteiger partial charge is 0.322 e. The zero-order valence-corrected chi connectivity index (χ0v) is 18.6. The van der Waals surface area contributed by atoms with Gasteiger partial charge in [0.05, 0.1) is 25.8 Å². The number of carbonyl (C=O) groups is 1. The van der Waals surface area contributed by atoms with Crippen molar-refractivity contribution in [3.05, 3.63) is 65.7 Å². The van der Waals surface area contributed by atoms with Gasteiger partial charge in [-0.1, -0.05) is 48.5 Å². The van der Waals surface area contributed by atoms with E-state index < -0.39 is 6.04 Å². The van der Waals surface area contributed by atoms with Crippen LogP contribution >= 0.6 is 0 Å². The summed E-state index contributed by atoms with van der Waals surface area (Å²) in [5, 5.41) is 7.27. The van der Waals surface area contributed by atoms with Crippen molar-refractivity contribution >= 4 is 11.6 Å². The molecule has 166 valence electrons.